The predicted octanol–water partition coefficient (Wildman–Crippen LogP) is 3.61. The van der Waals surface area contributed by atoms with Gasteiger partial charge in [0.15, 0.2) is 0 Å². The first-order valence-corrected chi connectivity index (χ1v) is 7.82. The van der Waals surface area contributed by atoms with Crippen LogP contribution in [0.25, 0.3) is 0 Å². The quantitative estimate of drug-likeness (QED) is 0.797. The summed E-state index contributed by atoms with van der Waals surface area (Å²) in [4.78, 5) is 5.86. The van der Waals surface area contributed by atoms with Gasteiger partial charge in [0.2, 0.25) is 0 Å². The highest BCUT2D eigenvalue weighted by molar-refractivity contribution is 5.18. The van der Waals surface area contributed by atoms with Gasteiger partial charge in [-0.25, -0.2) is 9.37 Å². The molecule has 0 amide bonds. The molecule has 1 atom stereocenters. The first-order valence-electron chi connectivity index (χ1n) is 7.82. The second-order valence-corrected chi connectivity index (χ2v) is 6.18. The van der Waals surface area contributed by atoms with E-state index in [4.69, 9.17) is 0 Å². The maximum atomic E-state index is 13.0. The van der Waals surface area contributed by atoms with Crippen molar-refractivity contribution in [3.63, 3.8) is 0 Å². The molecule has 7 heteroatoms. The summed E-state index contributed by atoms with van der Waals surface area (Å²) < 4.78 is 39.7. The number of hydrogen-bond acceptors (Lipinski definition) is 3. The summed E-state index contributed by atoms with van der Waals surface area (Å²) in [6.07, 6.45) is 1.74. The molecule has 132 valence electrons. The van der Waals surface area contributed by atoms with E-state index in [0.29, 0.717) is 18.0 Å². The lowest BCUT2D eigenvalue weighted by molar-refractivity contribution is 0.0591. The molecule has 4 nitrogen and oxygen atoms in total. The highest BCUT2D eigenvalue weighted by Crippen LogP contribution is 2.19. The van der Waals surface area contributed by atoms with Gasteiger partial charge in [0, 0.05) is 25.5 Å². The van der Waals surface area contributed by atoms with Crippen molar-refractivity contribution in [3.8, 4) is 0 Å². The van der Waals surface area contributed by atoms with E-state index in [2.05, 4.69) is 4.98 Å². The van der Waals surface area contributed by atoms with E-state index in [0.717, 1.165) is 4.57 Å². The van der Waals surface area contributed by atoms with Crippen molar-refractivity contribution in [1.29, 1.82) is 0 Å². The van der Waals surface area contributed by atoms with E-state index in [1.807, 2.05) is 18.7 Å². The van der Waals surface area contributed by atoms with Crippen LogP contribution in [0.5, 0.6) is 0 Å². The van der Waals surface area contributed by atoms with Crippen LogP contribution in [0, 0.1) is 11.7 Å². The summed E-state index contributed by atoms with van der Waals surface area (Å²) in [5, 5.41) is 10.4. The van der Waals surface area contributed by atoms with Crippen molar-refractivity contribution in [3.05, 3.63) is 53.9 Å². The van der Waals surface area contributed by atoms with Crippen molar-refractivity contribution < 1.29 is 18.3 Å². The smallest absolute Gasteiger partial charge is 0.319 e. The number of aliphatic hydroxyl groups is 1. The molecule has 1 aromatic carbocycles. The monoisotopic (exact) mass is 341 g/mol. The van der Waals surface area contributed by atoms with Crippen LogP contribution in [-0.2, 0) is 6.54 Å². The lowest BCUT2D eigenvalue weighted by Gasteiger charge is -2.26. The number of rotatable bonds is 8. The third-order valence-electron chi connectivity index (χ3n) is 3.63. The Morgan fingerprint density at radius 3 is 2.42 bits per heavy atom. The molecular weight excluding hydrogens is 319 g/mol. The van der Waals surface area contributed by atoms with Crippen LogP contribution in [0.1, 0.15) is 37.9 Å². The molecule has 2 rings (SSSR count). The van der Waals surface area contributed by atoms with Gasteiger partial charge in [-0.1, -0.05) is 26.0 Å². The number of imidazole rings is 1. The van der Waals surface area contributed by atoms with E-state index < -0.39 is 12.7 Å². The lowest BCUT2D eigenvalue weighted by atomic mass is 10.1. The summed E-state index contributed by atoms with van der Waals surface area (Å²) in [5.74, 6) is 0.168. The van der Waals surface area contributed by atoms with Gasteiger partial charge >= 0.3 is 6.55 Å². The molecule has 0 aliphatic heterocycles. The van der Waals surface area contributed by atoms with Gasteiger partial charge < -0.3 is 5.11 Å². The standard InChI is InChI=1S/C17H22F3N3O/c1-12(2)9-22(11-16-21-7-8-23(16)17(19)20)10-15(24)13-3-5-14(18)6-4-13/h3-8,12,15,17,24H,9-11H2,1-2H3. The average molecular weight is 341 g/mol. The van der Waals surface area contributed by atoms with Crippen molar-refractivity contribution in [2.75, 3.05) is 13.1 Å². The summed E-state index contributed by atoms with van der Waals surface area (Å²) in [6.45, 7) is 2.45. The van der Waals surface area contributed by atoms with Crippen LogP contribution in [0.2, 0.25) is 0 Å². The molecule has 0 fully saturated rings. The maximum absolute atomic E-state index is 13.0. The summed E-state index contributed by atoms with van der Waals surface area (Å²) >= 11 is 0. The van der Waals surface area contributed by atoms with Gasteiger partial charge in [0.1, 0.15) is 11.6 Å². The first-order chi connectivity index (χ1) is 11.4. The Kier molecular flexibility index (Phi) is 6.39. The third kappa shape index (κ3) is 5.07. The van der Waals surface area contributed by atoms with Crippen molar-refractivity contribution in [1.82, 2.24) is 14.5 Å². The second kappa shape index (κ2) is 8.30. The number of aliphatic hydroxyl groups excluding tert-OH is 1. The zero-order chi connectivity index (χ0) is 17.7. The molecule has 0 bridgehead atoms. The van der Waals surface area contributed by atoms with E-state index >= 15 is 0 Å². The van der Waals surface area contributed by atoms with Crippen LogP contribution >= 0.6 is 0 Å². The minimum Gasteiger partial charge on any atom is -0.387 e. The van der Waals surface area contributed by atoms with E-state index in [1.54, 1.807) is 0 Å². The number of halogens is 3. The molecule has 1 unspecified atom stereocenters. The molecule has 0 spiro atoms. The Morgan fingerprint density at radius 1 is 1.17 bits per heavy atom. The third-order valence-corrected chi connectivity index (χ3v) is 3.63. The number of benzene rings is 1. The van der Waals surface area contributed by atoms with Crippen LogP contribution in [-0.4, -0.2) is 32.6 Å². The van der Waals surface area contributed by atoms with Crippen LogP contribution in [0.4, 0.5) is 13.2 Å². The molecule has 0 aliphatic rings. The maximum Gasteiger partial charge on any atom is 0.319 e. The Hall–Kier alpha value is -1.86. The van der Waals surface area contributed by atoms with Crippen molar-refractivity contribution in [2.45, 2.75) is 33.0 Å². The molecule has 0 saturated carbocycles. The largest absolute Gasteiger partial charge is 0.387 e. The molecule has 24 heavy (non-hydrogen) atoms. The number of alkyl halides is 2. The molecule has 1 aromatic heterocycles. The Bertz CT molecular complexity index is 628. The Balaban J connectivity index is 2.10. The predicted molar refractivity (Wildman–Crippen MR) is 85.0 cm³/mol. The van der Waals surface area contributed by atoms with Crippen LogP contribution < -0.4 is 0 Å². The minimum absolute atomic E-state index is 0.202. The Labute approximate surface area is 139 Å². The normalized spacial score (nSPS) is 13.2. The fourth-order valence-electron chi connectivity index (χ4n) is 2.60. The SMILES string of the molecule is CC(C)CN(Cc1nccn1C(F)F)CC(O)c1ccc(F)cc1. The Morgan fingerprint density at radius 2 is 1.83 bits per heavy atom. The lowest BCUT2D eigenvalue weighted by Crippen LogP contribution is -2.32. The van der Waals surface area contributed by atoms with Crippen LogP contribution in [0.15, 0.2) is 36.7 Å². The highest BCUT2D eigenvalue weighted by Gasteiger charge is 2.19. The number of hydrogen-bond donors (Lipinski definition) is 1. The van der Waals surface area contributed by atoms with Gasteiger partial charge in [-0.05, 0) is 23.6 Å². The van der Waals surface area contributed by atoms with Crippen molar-refractivity contribution in [2.24, 2.45) is 5.92 Å². The second-order valence-electron chi connectivity index (χ2n) is 6.18. The number of aromatic nitrogens is 2. The van der Waals surface area contributed by atoms with Gasteiger partial charge in [-0.3, -0.25) is 9.47 Å². The summed E-state index contributed by atoms with van der Waals surface area (Å²) in [7, 11) is 0. The first kappa shape index (κ1) is 18.5. The fourth-order valence-corrected chi connectivity index (χ4v) is 2.60. The van der Waals surface area contributed by atoms with Gasteiger partial charge in [0.25, 0.3) is 0 Å². The average Bonchev–Trinajstić information content (AvgIpc) is 2.95. The molecule has 0 aliphatic carbocycles. The summed E-state index contributed by atoms with van der Waals surface area (Å²) in [5.41, 5.74) is 0.586. The molecule has 0 radical (unpaired) electrons. The molecule has 2 aromatic rings. The fraction of sp³-hybridized carbons (Fsp3) is 0.471. The van der Waals surface area contributed by atoms with E-state index in [-0.39, 0.29) is 24.7 Å². The highest BCUT2D eigenvalue weighted by atomic mass is 19.3. The van der Waals surface area contributed by atoms with Crippen molar-refractivity contribution >= 4 is 0 Å². The molecular formula is C17H22F3N3O. The van der Waals surface area contributed by atoms with E-state index in [9.17, 15) is 18.3 Å². The molecule has 1 N–H and O–H groups in total. The molecule has 1 heterocycles. The topological polar surface area (TPSA) is 41.3 Å². The minimum atomic E-state index is -2.65. The van der Waals surface area contributed by atoms with Gasteiger partial charge in [-0.15, -0.1) is 0 Å². The zero-order valence-corrected chi connectivity index (χ0v) is 13.7. The molecule has 0 saturated heterocycles. The van der Waals surface area contributed by atoms with Crippen LogP contribution in [0.3, 0.4) is 0 Å². The zero-order valence-electron chi connectivity index (χ0n) is 13.7. The van der Waals surface area contributed by atoms with E-state index in [1.165, 1.54) is 36.7 Å². The number of nitrogens with zero attached hydrogens (tertiary/aromatic N) is 3. The summed E-state index contributed by atoms with van der Waals surface area (Å²) in [6, 6.07) is 5.62. The van der Waals surface area contributed by atoms with Gasteiger partial charge in [-0.2, -0.15) is 8.78 Å². The van der Waals surface area contributed by atoms with Gasteiger partial charge in [0.05, 0.1) is 12.6 Å².